The number of aromatic nitrogens is 2. The molecule has 2 heterocycles. The van der Waals surface area contributed by atoms with Crippen LogP contribution in [0.15, 0.2) is 28.9 Å². The molecule has 18 heavy (non-hydrogen) atoms. The van der Waals surface area contributed by atoms with E-state index in [0.29, 0.717) is 5.92 Å². The lowest BCUT2D eigenvalue weighted by atomic mass is 9.98. The molecule has 1 aromatic heterocycles. The first kappa shape index (κ1) is 11.8. The molecular weight excluding hydrogens is 292 g/mol. The van der Waals surface area contributed by atoms with Gasteiger partial charge in [0.1, 0.15) is 16.2 Å². The summed E-state index contributed by atoms with van der Waals surface area (Å²) in [7, 11) is 0. The van der Waals surface area contributed by atoms with Crippen LogP contribution in [0.1, 0.15) is 19.0 Å². The summed E-state index contributed by atoms with van der Waals surface area (Å²) >= 11 is 3.54. The minimum atomic E-state index is 0.288. The lowest BCUT2D eigenvalue weighted by molar-refractivity contribution is 0.417. The van der Waals surface area contributed by atoms with Gasteiger partial charge in [-0.1, -0.05) is 19.1 Å². The van der Waals surface area contributed by atoms with Gasteiger partial charge in [-0.15, -0.1) is 0 Å². The third kappa shape index (κ3) is 1.85. The maximum Gasteiger partial charge on any atom is 0.145 e. The Balaban J connectivity index is 2.15. The molecule has 1 aromatic carbocycles. The van der Waals surface area contributed by atoms with Crippen LogP contribution < -0.4 is 0 Å². The Morgan fingerprint density at radius 1 is 1.39 bits per heavy atom. The van der Waals surface area contributed by atoms with Gasteiger partial charge < -0.3 is 9.67 Å². The molecule has 0 saturated heterocycles. The third-order valence-corrected chi connectivity index (χ3v) is 4.19. The number of halogens is 1. The van der Waals surface area contributed by atoms with Crippen LogP contribution in [0.5, 0.6) is 5.75 Å². The van der Waals surface area contributed by atoms with Gasteiger partial charge in [-0.3, -0.25) is 0 Å². The van der Waals surface area contributed by atoms with Crippen LogP contribution in [0, 0.1) is 5.92 Å². The highest BCUT2D eigenvalue weighted by Crippen LogP contribution is 2.35. The van der Waals surface area contributed by atoms with E-state index in [1.165, 1.54) is 5.69 Å². The summed E-state index contributed by atoms with van der Waals surface area (Å²) in [4.78, 5) is 4.58. The van der Waals surface area contributed by atoms with Crippen molar-refractivity contribution < 1.29 is 5.11 Å². The van der Waals surface area contributed by atoms with E-state index in [-0.39, 0.29) is 5.75 Å². The van der Waals surface area contributed by atoms with Gasteiger partial charge in [-0.2, -0.15) is 0 Å². The first-order valence-corrected chi connectivity index (χ1v) is 6.99. The minimum Gasteiger partial charge on any atom is -0.507 e. The van der Waals surface area contributed by atoms with Gasteiger partial charge in [0, 0.05) is 6.54 Å². The second-order valence-electron chi connectivity index (χ2n) is 4.94. The van der Waals surface area contributed by atoms with Crippen molar-refractivity contribution in [3.63, 3.8) is 0 Å². The molecule has 1 aliphatic heterocycles. The Kier molecular flexibility index (Phi) is 2.90. The molecule has 0 aliphatic carbocycles. The van der Waals surface area contributed by atoms with Crippen molar-refractivity contribution in [3.05, 3.63) is 34.6 Å². The van der Waals surface area contributed by atoms with Crippen molar-refractivity contribution in [1.29, 1.82) is 0 Å². The number of rotatable bonds is 1. The number of hydrogen-bond donors (Lipinski definition) is 1. The quantitative estimate of drug-likeness (QED) is 0.874. The van der Waals surface area contributed by atoms with Gasteiger partial charge in [0.05, 0.1) is 11.3 Å². The molecule has 0 saturated carbocycles. The molecule has 0 fully saturated rings. The van der Waals surface area contributed by atoms with E-state index in [1.807, 2.05) is 18.2 Å². The maximum atomic E-state index is 9.96. The van der Waals surface area contributed by atoms with E-state index in [9.17, 15) is 5.11 Å². The van der Waals surface area contributed by atoms with Gasteiger partial charge in [-0.05, 0) is 46.8 Å². The lowest BCUT2D eigenvalue weighted by Gasteiger charge is -2.22. The second kappa shape index (κ2) is 4.43. The monoisotopic (exact) mass is 306 g/mol. The molecule has 94 valence electrons. The Labute approximate surface area is 115 Å². The zero-order valence-corrected chi connectivity index (χ0v) is 11.8. The molecule has 0 amide bonds. The zero-order chi connectivity index (χ0) is 12.7. The summed E-state index contributed by atoms with van der Waals surface area (Å²) < 4.78 is 3.13. The van der Waals surface area contributed by atoms with E-state index in [0.717, 1.165) is 35.4 Å². The molecule has 0 bridgehead atoms. The molecule has 0 radical (unpaired) electrons. The third-order valence-electron chi connectivity index (χ3n) is 3.56. The van der Waals surface area contributed by atoms with Gasteiger partial charge in [-0.25, -0.2) is 4.98 Å². The molecular formula is C14H15BrN2O. The average molecular weight is 307 g/mol. The minimum absolute atomic E-state index is 0.288. The molecule has 1 unspecified atom stereocenters. The van der Waals surface area contributed by atoms with E-state index in [2.05, 4.69) is 32.4 Å². The number of phenols is 1. The van der Waals surface area contributed by atoms with E-state index in [1.54, 1.807) is 6.07 Å². The van der Waals surface area contributed by atoms with Gasteiger partial charge >= 0.3 is 0 Å². The summed E-state index contributed by atoms with van der Waals surface area (Å²) in [5.41, 5.74) is 2.05. The number of phenolic OH excluding ortho intramolecular Hbond substituents is 1. The summed E-state index contributed by atoms with van der Waals surface area (Å²) in [6.45, 7) is 3.24. The summed E-state index contributed by atoms with van der Waals surface area (Å²) in [6, 6.07) is 7.37. The van der Waals surface area contributed by atoms with Crippen LogP contribution in [-0.2, 0) is 13.0 Å². The molecule has 2 aromatic rings. The molecule has 0 spiro atoms. The molecule has 4 heteroatoms. The number of aromatic hydroxyl groups is 1. The highest BCUT2D eigenvalue weighted by Gasteiger charge is 2.23. The van der Waals surface area contributed by atoms with E-state index >= 15 is 0 Å². The Hall–Kier alpha value is -1.29. The average Bonchev–Trinajstić information content (AvgIpc) is 2.67. The van der Waals surface area contributed by atoms with E-state index < -0.39 is 0 Å². The topological polar surface area (TPSA) is 38.0 Å². The lowest BCUT2D eigenvalue weighted by Crippen LogP contribution is -2.17. The SMILES string of the molecule is CC1CCn2c(-c3ccccc3O)nc(Br)c2C1. The molecule has 1 atom stereocenters. The largest absolute Gasteiger partial charge is 0.507 e. The number of fused-ring (bicyclic) bond motifs is 1. The molecule has 1 aliphatic rings. The van der Waals surface area contributed by atoms with Gasteiger partial charge in [0.2, 0.25) is 0 Å². The van der Waals surface area contributed by atoms with Crippen molar-refractivity contribution in [2.75, 3.05) is 0 Å². The Bertz CT molecular complexity index is 591. The van der Waals surface area contributed by atoms with Crippen molar-refractivity contribution in [3.8, 4) is 17.1 Å². The molecule has 3 rings (SSSR count). The van der Waals surface area contributed by atoms with Crippen LogP contribution in [0.3, 0.4) is 0 Å². The van der Waals surface area contributed by atoms with Gasteiger partial charge in [0.25, 0.3) is 0 Å². The molecule has 1 N–H and O–H groups in total. The van der Waals surface area contributed by atoms with Crippen molar-refractivity contribution in [1.82, 2.24) is 9.55 Å². The first-order valence-electron chi connectivity index (χ1n) is 6.20. The fourth-order valence-electron chi connectivity index (χ4n) is 2.54. The first-order chi connectivity index (χ1) is 8.66. The number of para-hydroxylation sites is 1. The maximum absolute atomic E-state index is 9.96. The number of benzene rings is 1. The summed E-state index contributed by atoms with van der Waals surface area (Å²) in [6.07, 6.45) is 2.21. The smallest absolute Gasteiger partial charge is 0.145 e. The van der Waals surface area contributed by atoms with Crippen molar-refractivity contribution in [2.24, 2.45) is 5.92 Å². The zero-order valence-electron chi connectivity index (χ0n) is 10.2. The Morgan fingerprint density at radius 3 is 2.94 bits per heavy atom. The normalized spacial score (nSPS) is 18.7. The van der Waals surface area contributed by atoms with Crippen molar-refractivity contribution in [2.45, 2.75) is 26.3 Å². The fraction of sp³-hybridized carbons (Fsp3) is 0.357. The van der Waals surface area contributed by atoms with Gasteiger partial charge in [0.15, 0.2) is 0 Å². The summed E-state index contributed by atoms with van der Waals surface area (Å²) in [5.74, 6) is 1.85. The number of hydrogen-bond acceptors (Lipinski definition) is 2. The standard InChI is InChI=1S/C14H15BrN2O/c1-9-6-7-17-11(8-9)13(15)16-14(17)10-4-2-3-5-12(10)18/h2-5,9,18H,6-8H2,1H3. The van der Waals surface area contributed by atoms with Crippen LogP contribution in [0.2, 0.25) is 0 Å². The highest BCUT2D eigenvalue weighted by atomic mass is 79.9. The second-order valence-corrected chi connectivity index (χ2v) is 5.69. The number of imidazole rings is 1. The predicted molar refractivity (Wildman–Crippen MR) is 74.5 cm³/mol. The van der Waals surface area contributed by atoms with Crippen LogP contribution >= 0.6 is 15.9 Å². The van der Waals surface area contributed by atoms with Crippen LogP contribution in [-0.4, -0.2) is 14.7 Å². The van der Waals surface area contributed by atoms with Crippen LogP contribution in [0.25, 0.3) is 11.4 Å². The Morgan fingerprint density at radius 2 is 2.17 bits per heavy atom. The highest BCUT2D eigenvalue weighted by molar-refractivity contribution is 9.10. The van der Waals surface area contributed by atoms with E-state index in [4.69, 9.17) is 0 Å². The summed E-state index contributed by atoms with van der Waals surface area (Å²) in [5, 5.41) is 9.96. The number of nitrogens with zero attached hydrogens (tertiary/aromatic N) is 2. The fourth-order valence-corrected chi connectivity index (χ4v) is 3.09. The molecule has 3 nitrogen and oxygen atoms in total. The van der Waals surface area contributed by atoms with Crippen molar-refractivity contribution >= 4 is 15.9 Å². The van der Waals surface area contributed by atoms with Crippen LogP contribution in [0.4, 0.5) is 0 Å². The predicted octanol–water partition coefficient (Wildman–Crippen LogP) is 3.60.